The number of fused-ring (bicyclic) bond motifs is 1. The Bertz CT molecular complexity index is 664. The van der Waals surface area contributed by atoms with Crippen molar-refractivity contribution >= 4 is 32.8 Å². The molecule has 0 bridgehead atoms. The van der Waals surface area contributed by atoms with Crippen molar-refractivity contribution in [2.24, 2.45) is 7.05 Å². The van der Waals surface area contributed by atoms with Gasteiger partial charge < -0.3 is 5.11 Å². The highest BCUT2D eigenvalue weighted by Gasteiger charge is 2.12. The van der Waals surface area contributed by atoms with Crippen LogP contribution in [-0.2, 0) is 18.3 Å². The van der Waals surface area contributed by atoms with E-state index in [0.29, 0.717) is 15.4 Å². The van der Waals surface area contributed by atoms with Gasteiger partial charge in [0.2, 0.25) is 0 Å². The van der Waals surface area contributed by atoms with E-state index in [2.05, 4.69) is 20.9 Å². The Morgan fingerprint density at radius 2 is 2.24 bits per heavy atom. The highest BCUT2D eigenvalue weighted by Crippen LogP contribution is 2.19. The summed E-state index contributed by atoms with van der Waals surface area (Å²) in [5.41, 5.74) is 0.249. The summed E-state index contributed by atoms with van der Waals surface area (Å²) < 4.78 is 1.95. The summed E-state index contributed by atoms with van der Waals surface area (Å²) in [6.45, 7) is 0. The zero-order valence-electron chi connectivity index (χ0n) is 8.98. The largest absolute Gasteiger partial charge is 0.481 e. The lowest BCUT2D eigenvalue weighted by molar-refractivity contribution is -0.136. The standard InChI is InChI=1S/C11H9BrN2O3/c1-14-8(5-9(15)16)13-10-6(11(14)17)3-2-4-7(10)12/h2-4H,5H2,1H3,(H,15,16). The highest BCUT2D eigenvalue weighted by molar-refractivity contribution is 9.10. The van der Waals surface area contributed by atoms with E-state index < -0.39 is 5.97 Å². The number of nitrogens with zero attached hydrogens (tertiary/aromatic N) is 2. The molecule has 0 saturated heterocycles. The summed E-state index contributed by atoms with van der Waals surface area (Å²) in [6, 6.07) is 5.17. The molecule has 2 aromatic rings. The summed E-state index contributed by atoms with van der Waals surface area (Å²) >= 11 is 3.30. The fourth-order valence-electron chi connectivity index (χ4n) is 1.60. The number of benzene rings is 1. The quantitative estimate of drug-likeness (QED) is 0.907. The van der Waals surface area contributed by atoms with Crippen LogP contribution in [0.2, 0.25) is 0 Å². The second-order valence-corrected chi connectivity index (χ2v) is 4.45. The summed E-state index contributed by atoms with van der Waals surface area (Å²) in [7, 11) is 1.52. The van der Waals surface area contributed by atoms with E-state index in [0.717, 1.165) is 0 Å². The molecule has 1 aromatic heterocycles. The predicted octanol–water partition coefficient (Wildman–Crippen LogP) is 1.32. The zero-order chi connectivity index (χ0) is 12.6. The van der Waals surface area contributed by atoms with Gasteiger partial charge in [-0.25, -0.2) is 4.98 Å². The van der Waals surface area contributed by atoms with Crippen LogP contribution in [0.3, 0.4) is 0 Å². The minimum Gasteiger partial charge on any atom is -0.481 e. The van der Waals surface area contributed by atoms with Gasteiger partial charge in [-0.1, -0.05) is 6.07 Å². The van der Waals surface area contributed by atoms with Crippen LogP contribution < -0.4 is 5.56 Å². The number of halogens is 1. The van der Waals surface area contributed by atoms with Crippen molar-refractivity contribution in [1.29, 1.82) is 0 Å². The average Bonchev–Trinajstić information content (AvgIpc) is 2.26. The molecule has 2 rings (SSSR count). The Hall–Kier alpha value is -1.69. The minimum atomic E-state index is -1.01. The Kier molecular flexibility index (Phi) is 2.97. The first kappa shape index (κ1) is 11.8. The Labute approximate surface area is 105 Å². The molecule has 0 unspecified atom stereocenters. The van der Waals surface area contributed by atoms with Crippen molar-refractivity contribution in [2.45, 2.75) is 6.42 Å². The van der Waals surface area contributed by atoms with Crippen LogP contribution in [0.5, 0.6) is 0 Å². The molecule has 0 fully saturated rings. The topological polar surface area (TPSA) is 72.2 Å². The van der Waals surface area contributed by atoms with Gasteiger partial charge in [-0.3, -0.25) is 14.2 Å². The molecule has 1 aromatic carbocycles. The molecular weight excluding hydrogens is 288 g/mol. The number of carboxylic acid groups (broad SMARTS) is 1. The van der Waals surface area contributed by atoms with Gasteiger partial charge in [-0.2, -0.15) is 0 Å². The number of rotatable bonds is 2. The third kappa shape index (κ3) is 2.08. The van der Waals surface area contributed by atoms with Crippen LogP contribution in [0.25, 0.3) is 10.9 Å². The number of hydrogen-bond acceptors (Lipinski definition) is 3. The lowest BCUT2D eigenvalue weighted by Gasteiger charge is -2.07. The van der Waals surface area contributed by atoms with Crippen molar-refractivity contribution in [3.8, 4) is 0 Å². The van der Waals surface area contributed by atoms with E-state index in [1.54, 1.807) is 18.2 Å². The summed E-state index contributed by atoms with van der Waals surface area (Å²) in [6.07, 6.45) is -0.275. The summed E-state index contributed by atoms with van der Waals surface area (Å²) in [5.74, 6) is -0.777. The molecule has 0 aliphatic rings. The monoisotopic (exact) mass is 296 g/mol. The predicted molar refractivity (Wildman–Crippen MR) is 66.0 cm³/mol. The molecule has 0 saturated carbocycles. The first-order valence-electron chi connectivity index (χ1n) is 4.86. The Morgan fingerprint density at radius 1 is 1.53 bits per heavy atom. The van der Waals surface area contributed by atoms with E-state index in [1.165, 1.54) is 11.6 Å². The average molecular weight is 297 g/mol. The van der Waals surface area contributed by atoms with Crippen molar-refractivity contribution in [2.75, 3.05) is 0 Å². The summed E-state index contributed by atoms with van der Waals surface area (Å²) in [5, 5.41) is 9.23. The van der Waals surface area contributed by atoms with Gasteiger partial charge in [0.05, 0.1) is 10.9 Å². The number of carbonyl (C=O) groups is 1. The van der Waals surface area contributed by atoms with Gasteiger partial charge in [0, 0.05) is 11.5 Å². The SMILES string of the molecule is Cn1c(CC(=O)O)nc2c(Br)cccc2c1=O. The normalized spacial score (nSPS) is 10.7. The van der Waals surface area contributed by atoms with E-state index in [9.17, 15) is 9.59 Å². The van der Waals surface area contributed by atoms with Crippen LogP contribution in [0.4, 0.5) is 0 Å². The first-order valence-corrected chi connectivity index (χ1v) is 5.66. The maximum atomic E-state index is 12.0. The molecule has 88 valence electrons. The second kappa shape index (κ2) is 4.29. The fourth-order valence-corrected chi connectivity index (χ4v) is 2.05. The van der Waals surface area contributed by atoms with Crippen molar-refractivity contribution in [1.82, 2.24) is 9.55 Å². The molecule has 0 spiro atoms. The molecule has 1 heterocycles. The lowest BCUT2D eigenvalue weighted by atomic mass is 10.2. The first-order chi connectivity index (χ1) is 8.00. The van der Waals surface area contributed by atoms with Gasteiger partial charge in [0.15, 0.2) is 0 Å². The van der Waals surface area contributed by atoms with Gasteiger partial charge in [0.25, 0.3) is 5.56 Å². The van der Waals surface area contributed by atoms with Crippen molar-refractivity contribution in [3.63, 3.8) is 0 Å². The molecule has 17 heavy (non-hydrogen) atoms. The van der Waals surface area contributed by atoms with Crippen LogP contribution in [0, 0.1) is 0 Å². The molecule has 0 amide bonds. The molecule has 1 N–H and O–H groups in total. The molecule has 5 nitrogen and oxygen atoms in total. The molecule has 0 atom stereocenters. The molecule has 0 aliphatic carbocycles. The molecule has 6 heteroatoms. The highest BCUT2D eigenvalue weighted by atomic mass is 79.9. The van der Waals surface area contributed by atoms with E-state index in [1.807, 2.05) is 0 Å². The third-order valence-electron chi connectivity index (χ3n) is 2.46. The van der Waals surface area contributed by atoms with Crippen molar-refractivity contribution < 1.29 is 9.90 Å². The van der Waals surface area contributed by atoms with Gasteiger partial charge in [0.1, 0.15) is 12.2 Å². The second-order valence-electron chi connectivity index (χ2n) is 3.60. The zero-order valence-corrected chi connectivity index (χ0v) is 10.6. The number of hydrogen-bond donors (Lipinski definition) is 1. The Morgan fingerprint density at radius 3 is 2.88 bits per heavy atom. The van der Waals surface area contributed by atoms with Gasteiger partial charge in [-0.05, 0) is 28.1 Å². The molecule has 0 radical (unpaired) electrons. The van der Waals surface area contributed by atoms with Crippen LogP contribution in [0.15, 0.2) is 27.5 Å². The lowest BCUT2D eigenvalue weighted by Crippen LogP contribution is -2.24. The van der Waals surface area contributed by atoms with Crippen LogP contribution in [-0.4, -0.2) is 20.6 Å². The fraction of sp³-hybridized carbons (Fsp3) is 0.182. The smallest absolute Gasteiger partial charge is 0.311 e. The molecular formula is C11H9BrN2O3. The number of para-hydroxylation sites is 1. The minimum absolute atomic E-state index is 0.238. The van der Waals surface area contributed by atoms with Gasteiger partial charge >= 0.3 is 5.97 Å². The maximum absolute atomic E-state index is 12.0. The van der Waals surface area contributed by atoms with E-state index >= 15 is 0 Å². The number of aliphatic carboxylic acids is 1. The number of carboxylic acids is 1. The van der Waals surface area contributed by atoms with E-state index in [4.69, 9.17) is 5.11 Å². The maximum Gasteiger partial charge on any atom is 0.311 e. The summed E-state index contributed by atoms with van der Waals surface area (Å²) in [4.78, 5) is 26.9. The van der Waals surface area contributed by atoms with E-state index in [-0.39, 0.29) is 17.8 Å². The van der Waals surface area contributed by atoms with Crippen molar-refractivity contribution in [3.05, 3.63) is 38.9 Å². The Balaban J connectivity index is 2.81. The van der Waals surface area contributed by atoms with Crippen LogP contribution in [0.1, 0.15) is 5.82 Å². The molecule has 0 aliphatic heterocycles. The third-order valence-corrected chi connectivity index (χ3v) is 3.10. The van der Waals surface area contributed by atoms with Gasteiger partial charge in [-0.15, -0.1) is 0 Å². The number of aromatic nitrogens is 2. The van der Waals surface area contributed by atoms with Crippen LogP contribution >= 0.6 is 15.9 Å².